The van der Waals surface area contributed by atoms with Crippen LogP contribution >= 0.6 is 11.6 Å². The van der Waals surface area contributed by atoms with E-state index in [1.165, 1.54) is 18.2 Å². The van der Waals surface area contributed by atoms with Crippen molar-refractivity contribution in [2.24, 2.45) is 0 Å². The van der Waals surface area contributed by atoms with E-state index in [2.05, 4.69) is 5.32 Å². The Labute approximate surface area is 120 Å². The number of halogens is 4. The van der Waals surface area contributed by atoms with Crippen molar-refractivity contribution >= 4 is 11.6 Å². The third-order valence-corrected chi connectivity index (χ3v) is 3.28. The van der Waals surface area contributed by atoms with Crippen molar-refractivity contribution in [3.8, 4) is 0 Å². The van der Waals surface area contributed by atoms with E-state index in [1.807, 2.05) is 0 Å². The van der Waals surface area contributed by atoms with Crippen LogP contribution in [0, 0.1) is 17.5 Å². The molecule has 0 aliphatic heterocycles. The van der Waals surface area contributed by atoms with Crippen LogP contribution in [0.3, 0.4) is 0 Å². The first-order chi connectivity index (χ1) is 9.49. The lowest BCUT2D eigenvalue weighted by Gasteiger charge is -2.18. The number of nitrogens with one attached hydrogen (secondary N) is 1. The molecule has 1 N–H and O–H groups in total. The van der Waals surface area contributed by atoms with Gasteiger partial charge in [-0.25, -0.2) is 13.2 Å². The molecule has 0 spiro atoms. The van der Waals surface area contributed by atoms with Gasteiger partial charge < -0.3 is 5.32 Å². The van der Waals surface area contributed by atoms with Gasteiger partial charge in [-0.2, -0.15) is 0 Å². The lowest BCUT2D eigenvalue weighted by Crippen LogP contribution is -2.20. The van der Waals surface area contributed by atoms with E-state index in [9.17, 15) is 13.2 Å². The third kappa shape index (κ3) is 3.52. The number of benzene rings is 2. The normalized spacial score (nSPS) is 12.4. The van der Waals surface area contributed by atoms with Gasteiger partial charge in [0.15, 0.2) is 0 Å². The summed E-state index contributed by atoms with van der Waals surface area (Å²) >= 11 is 5.71. The SMILES string of the molecule is CNC(Cc1cc(F)cc(F)c1)c1ccc(Cl)cc1F. The largest absolute Gasteiger partial charge is 0.313 e. The number of hydrogen-bond acceptors (Lipinski definition) is 1. The number of rotatable bonds is 4. The molecule has 0 aliphatic rings. The van der Waals surface area contributed by atoms with Crippen molar-refractivity contribution in [2.75, 3.05) is 7.05 Å². The van der Waals surface area contributed by atoms with E-state index in [4.69, 9.17) is 11.6 Å². The van der Waals surface area contributed by atoms with Gasteiger partial charge in [0.05, 0.1) is 0 Å². The molecule has 2 aromatic rings. The molecule has 0 bridgehead atoms. The molecule has 0 amide bonds. The van der Waals surface area contributed by atoms with Gasteiger partial charge in [-0.15, -0.1) is 0 Å². The summed E-state index contributed by atoms with van der Waals surface area (Å²) in [6.45, 7) is 0. The Bertz CT molecular complexity index is 596. The first-order valence-corrected chi connectivity index (χ1v) is 6.44. The summed E-state index contributed by atoms with van der Waals surface area (Å²) in [5.41, 5.74) is 0.859. The minimum absolute atomic E-state index is 0.268. The standard InChI is InChI=1S/C15H13ClF3N/c1-20-15(13-3-2-10(16)7-14(13)19)6-9-4-11(17)8-12(18)5-9/h2-5,7-8,15,20H,6H2,1H3. The fraction of sp³-hybridized carbons (Fsp3) is 0.200. The summed E-state index contributed by atoms with van der Waals surface area (Å²) in [4.78, 5) is 0. The van der Waals surface area contributed by atoms with Crippen molar-refractivity contribution in [1.82, 2.24) is 5.32 Å². The maximum Gasteiger partial charge on any atom is 0.129 e. The van der Waals surface area contributed by atoms with Gasteiger partial charge in [-0.1, -0.05) is 17.7 Å². The van der Waals surface area contributed by atoms with Gasteiger partial charge in [-0.3, -0.25) is 0 Å². The Kier molecular flexibility index (Phi) is 4.68. The number of likely N-dealkylation sites (N-methyl/N-ethyl adjacent to an activating group) is 1. The lowest BCUT2D eigenvalue weighted by atomic mass is 9.98. The van der Waals surface area contributed by atoms with E-state index in [0.717, 1.165) is 6.07 Å². The maximum absolute atomic E-state index is 13.9. The molecular formula is C15H13ClF3N. The molecule has 5 heteroatoms. The van der Waals surface area contributed by atoms with Crippen molar-refractivity contribution in [3.63, 3.8) is 0 Å². The summed E-state index contributed by atoms with van der Waals surface area (Å²) in [6.07, 6.45) is 0.268. The molecule has 2 aromatic carbocycles. The molecule has 1 unspecified atom stereocenters. The highest BCUT2D eigenvalue weighted by atomic mass is 35.5. The number of hydrogen-bond donors (Lipinski definition) is 1. The summed E-state index contributed by atoms with van der Waals surface area (Å²) < 4.78 is 40.2. The highest BCUT2D eigenvalue weighted by molar-refractivity contribution is 6.30. The molecule has 2 rings (SSSR count). The molecule has 1 atom stereocenters. The smallest absolute Gasteiger partial charge is 0.129 e. The Morgan fingerprint density at radius 2 is 1.70 bits per heavy atom. The summed E-state index contributed by atoms with van der Waals surface area (Å²) in [7, 11) is 1.66. The average Bonchev–Trinajstić information content (AvgIpc) is 2.35. The molecule has 0 heterocycles. The maximum atomic E-state index is 13.9. The zero-order valence-electron chi connectivity index (χ0n) is 10.8. The highest BCUT2D eigenvalue weighted by Gasteiger charge is 2.15. The summed E-state index contributed by atoms with van der Waals surface area (Å²) in [6, 6.07) is 7.25. The molecule has 0 aliphatic carbocycles. The molecule has 0 fully saturated rings. The minimum Gasteiger partial charge on any atom is -0.313 e. The Balaban J connectivity index is 2.28. The summed E-state index contributed by atoms with van der Waals surface area (Å²) in [5, 5.41) is 3.24. The van der Waals surface area contributed by atoms with Crippen LogP contribution in [-0.4, -0.2) is 7.05 Å². The van der Waals surface area contributed by atoms with Crippen LogP contribution in [0.25, 0.3) is 0 Å². The van der Waals surface area contributed by atoms with Crippen LogP contribution in [0.2, 0.25) is 5.02 Å². The molecule has 0 aromatic heterocycles. The quantitative estimate of drug-likeness (QED) is 0.889. The van der Waals surface area contributed by atoms with E-state index in [0.29, 0.717) is 16.1 Å². The van der Waals surface area contributed by atoms with Crippen LogP contribution in [0.4, 0.5) is 13.2 Å². The zero-order chi connectivity index (χ0) is 14.7. The predicted octanol–water partition coefficient (Wildman–Crippen LogP) is 4.26. The monoisotopic (exact) mass is 299 g/mol. The summed E-state index contributed by atoms with van der Waals surface area (Å²) in [5.74, 6) is -1.74. The van der Waals surface area contributed by atoms with Gasteiger partial charge in [0.25, 0.3) is 0 Å². The lowest BCUT2D eigenvalue weighted by molar-refractivity contribution is 0.528. The van der Waals surface area contributed by atoms with Crippen molar-refractivity contribution < 1.29 is 13.2 Å². The van der Waals surface area contributed by atoms with Crippen LogP contribution in [-0.2, 0) is 6.42 Å². The van der Waals surface area contributed by atoms with Gasteiger partial charge in [0, 0.05) is 22.7 Å². The second kappa shape index (κ2) is 6.29. The molecule has 1 nitrogen and oxygen atoms in total. The van der Waals surface area contributed by atoms with Crippen LogP contribution in [0.1, 0.15) is 17.2 Å². The third-order valence-electron chi connectivity index (χ3n) is 3.05. The van der Waals surface area contributed by atoms with E-state index in [-0.39, 0.29) is 6.42 Å². The van der Waals surface area contributed by atoms with Crippen LogP contribution in [0.5, 0.6) is 0 Å². The van der Waals surface area contributed by atoms with Gasteiger partial charge in [0.1, 0.15) is 17.5 Å². The van der Waals surface area contributed by atoms with Crippen molar-refractivity contribution in [2.45, 2.75) is 12.5 Å². The van der Waals surface area contributed by atoms with Crippen molar-refractivity contribution in [3.05, 3.63) is 70.0 Å². The van der Waals surface area contributed by atoms with Crippen LogP contribution in [0.15, 0.2) is 36.4 Å². The fourth-order valence-electron chi connectivity index (χ4n) is 2.12. The highest BCUT2D eigenvalue weighted by Crippen LogP contribution is 2.24. The molecule has 0 radical (unpaired) electrons. The van der Waals surface area contributed by atoms with Gasteiger partial charge in [-0.05, 0) is 43.3 Å². The molecule has 0 saturated carbocycles. The first-order valence-electron chi connectivity index (χ1n) is 6.07. The zero-order valence-corrected chi connectivity index (χ0v) is 11.5. The van der Waals surface area contributed by atoms with Crippen molar-refractivity contribution in [1.29, 1.82) is 0 Å². The topological polar surface area (TPSA) is 12.0 Å². The second-order valence-electron chi connectivity index (χ2n) is 4.49. The molecule has 20 heavy (non-hydrogen) atoms. The first kappa shape index (κ1) is 14.9. The van der Waals surface area contributed by atoms with E-state index < -0.39 is 23.5 Å². The minimum atomic E-state index is -0.647. The predicted molar refractivity (Wildman–Crippen MR) is 73.3 cm³/mol. The molecule has 0 saturated heterocycles. The van der Waals surface area contributed by atoms with Gasteiger partial charge in [0.2, 0.25) is 0 Å². The molecular weight excluding hydrogens is 287 g/mol. The van der Waals surface area contributed by atoms with Crippen LogP contribution < -0.4 is 5.32 Å². The molecule has 106 valence electrons. The second-order valence-corrected chi connectivity index (χ2v) is 4.93. The fourth-order valence-corrected chi connectivity index (χ4v) is 2.27. The average molecular weight is 300 g/mol. The van der Waals surface area contributed by atoms with E-state index >= 15 is 0 Å². The Hall–Kier alpha value is -1.52. The Morgan fingerprint density at radius 3 is 2.25 bits per heavy atom. The van der Waals surface area contributed by atoms with E-state index in [1.54, 1.807) is 19.2 Å². The Morgan fingerprint density at radius 1 is 1.05 bits per heavy atom. The van der Waals surface area contributed by atoms with Gasteiger partial charge >= 0.3 is 0 Å².